The van der Waals surface area contributed by atoms with Crippen molar-refractivity contribution in [3.63, 3.8) is 0 Å². The summed E-state index contributed by atoms with van der Waals surface area (Å²) < 4.78 is 2.11. The molecule has 0 aliphatic rings. The molecule has 0 saturated carbocycles. The van der Waals surface area contributed by atoms with Crippen LogP contribution in [0.2, 0.25) is 5.02 Å². The Kier molecular flexibility index (Phi) is 2.69. The smallest absolute Gasteiger partial charge is 0.116 e. The van der Waals surface area contributed by atoms with Crippen LogP contribution in [0.3, 0.4) is 0 Å². The summed E-state index contributed by atoms with van der Waals surface area (Å²) in [4.78, 5) is 8.54. The molecule has 0 N–H and O–H groups in total. The number of nitrogens with zero attached hydrogens (tertiary/aromatic N) is 3. The molecule has 0 unspecified atom stereocenters. The molecular weight excluding hydrogens is 282 g/mol. The van der Waals surface area contributed by atoms with E-state index >= 15 is 0 Å². The van der Waals surface area contributed by atoms with E-state index in [0.29, 0.717) is 0 Å². The lowest BCUT2D eigenvalue weighted by atomic mass is 10.0. The first-order chi connectivity index (χ1) is 10.3. The maximum atomic E-state index is 6.39. The van der Waals surface area contributed by atoms with Gasteiger partial charge in [-0.05, 0) is 18.2 Å². The minimum absolute atomic E-state index is 0.744. The second kappa shape index (κ2) is 4.57. The first-order valence-electron chi connectivity index (χ1n) is 6.68. The molecule has 0 aliphatic heterocycles. The number of hydrogen-bond acceptors (Lipinski definition) is 2. The lowest BCUT2D eigenvalue weighted by Crippen LogP contribution is -1.91. The normalized spacial score (nSPS) is 11.3. The van der Waals surface area contributed by atoms with Gasteiger partial charge in [0.15, 0.2) is 0 Å². The molecule has 2 aromatic carbocycles. The second-order valence-electron chi connectivity index (χ2n) is 5.05. The van der Waals surface area contributed by atoms with Crippen LogP contribution in [0.4, 0.5) is 0 Å². The monoisotopic (exact) mass is 293 g/mol. The molecule has 2 heterocycles. The van der Waals surface area contributed by atoms with Gasteiger partial charge in [-0.15, -0.1) is 0 Å². The lowest BCUT2D eigenvalue weighted by Gasteiger charge is -2.10. The summed E-state index contributed by atoms with van der Waals surface area (Å²) in [6, 6.07) is 12.1. The Bertz CT molecular complexity index is 972. The van der Waals surface area contributed by atoms with Gasteiger partial charge in [0.2, 0.25) is 0 Å². The van der Waals surface area contributed by atoms with E-state index in [1.807, 2.05) is 37.5 Å². The molecule has 4 rings (SSSR count). The summed E-state index contributed by atoms with van der Waals surface area (Å²) in [5.41, 5.74) is 4.18. The summed E-state index contributed by atoms with van der Waals surface area (Å²) in [6.45, 7) is 0. The highest BCUT2D eigenvalue weighted by molar-refractivity contribution is 6.34. The molecule has 102 valence electrons. The van der Waals surface area contributed by atoms with Gasteiger partial charge < -0.3 is 4.57 Å². The Hall–Kier alpha value is -2.39. The van der Waals surface area contributed by atoms with Crippen LogP contribution in [0.5, 0.6) is 0 Å². The zero-order valence-electron chi connectivity index (χ0n) is 11.4. The number of rotatable bonds is 1. The van der Waals surface area contributed by atoms with Crippen LogP contribution in [-0.4, -0.2) is 14.5 Å². The highest BCUT2D eigenvalue weighted by Gasteiger charge is 2.13. The highest BCUT2D eigenvalue weighted by Crippen LogP contribution is 2.37. The largest absolute Gasteiger partial charge is 0.350 e. The van der Waals surface area contributed by atoms with Crippen molar-refractivity contribution >= 4 is 33.4 Å². The molecular formula is C17H12ClN3. The molecule has 0 amide bonds. The Morgan fingerprint density at radius 2 is 1.90 bits per heavy atom. The summed E-state index contributed by atoms with van der Waals surface area (Å²) in [5.74, 6) is 0. The zero-order valence-corrected chi connectivity index (χ0v) is 12.2. The molecule has 4 heteroatoms. The van der Waals surface area contributed by atoms with Crippen molar-refractivity contribution in [3.05, 3.63) is 60.1 Å². The average molecular weight is 294 g/mol. The van der Waals surface area contributed by atoms with Crippen molar-refractivity contribution in [2.45, 2.75) is 0 Å². The number of halogens is 1. The molecule has 0 radical (unpaired) electrons. The first-order valence-corrected chi connectivity index (χ1v) is 7.06. The SMILES string of the molecule is Cn1ccc2c3cncnc3cc(-c3ccccc3Cl)c21. The van der Waals surface area contributed by atoms with Crippen LogP contribution in [0.25, 0.3) is 32.9 Å². The third-order valence-electron chi connectivity index (χ3n) is 3.81. The standard InChI is InChI=1S/C17H12ClN3/c1-21-7-6-12-14-9-19-10-20-16(14)8-13(17(12)21)11-4-2-3-5-15(11)18/h2-10H,1H3. The number of hydrogen-bond donors (Lipinski definition) is 0. The molecule has 0 fully saturated rings. The molecule has 21 heavy (non-hydrogen) atoms. The fourth-order valence-corrected chi connectivity index (χ4v) is 3.07. The molecule has 2 aromatic heterocycles. The highest BCUT2D eigenvalue weighted by atomic mass is 35.5. The van der Waals surface area contributed by atoms with Gasteiger partial charge >= 0.3 is 0 Å². The second-order valence-corrected chi connectivity index (χ2v) is 5.46. The number of aromatic nitrogens is 3. The number of fused-ring (bicyclic) bond motifs is 3. The lowest BCUT2D eigenvalue weighted by molar-refractivity contribution is 0.970. The van der Waals surface area contributed by atoms with E-state index in [2.05, 4.69) is 32.9 Å². The Morgan fingerprint density at radius 3 is 2.76 bits per heavy atom. The topological polar surface area (TPSA) is 30.7 Å². The van der Waals surface area contributed by atoms with Crippen LogP contribution in [0, 0.1) is 0 Å². The molecule has 3 nitrogen and oxygen atoms in total. The van der Waals surface area contributed by atoms with Crippen LogP contribution >= 0.6 is 11.6 Å². The average Bonchev–Trinajstić information content (AvgIpc) is 2.90. The van der Waals surface area contributed by atoms with Crippen molar-refractivity contribution < 1.29 is 0 Å². The molecule has 0 aliphatic carbocycles. The first kappa shape index (κ1) is 12.4. The third-order valence-corrected chi connectivity index (χ3v) is 4.14. The van der Waals surface area contributed by atoms with Crippen LogP contribution in [0.15, 0.2) is 55.1 Å². The summed E-state index contributed by atoms with van der Waals surface area (Å²) in [7, 11) is 2.04. The van der Waals surface area contributed by atoms with Crippen molar-refractivity contribution in [1.29, 1.82) is 0 Å². The minimum Gasteiger partial charge on any atom is -0.350 e. The number of aryl methyl sites for hydroxylation is 1. The van der Waals surface area contributed by atoms with Crippen LogP contribution < -0.4 is 0 Å². The summed E-state index contributed by atoms with van der Waals surface area (Å²) in [6.07, 6.45) is 5.49. The van der Waals surface area contributed by atoms with Gasteiger partial charge in [0.1, 0.15) is 6.33 Å². The fourth-order valence-electron chi connectivity index (χ4n) is 2.83. The molecule has 4 aromatic rings. The van der Waals surface area contributed by atoms with Crippen molar-refractivity contribution in [3.8, 4) is 11.1 Å². The number of benzene rings is 2. The summed E-state index contributed by atoms with van der Waals surface area (Å²) in [5, 5.41) is 2.95. The zero-order chi connectivity index (χ0) is 14.4. The molecule has 0 saturated heterocycles. The summed E-state index contributed by atoms with van der Waals surface area (Å²) >= 11 is 6.39. The van der Waals surface area contributed by atoms with Gasteiger partial charge in [-0.1, -0.05) is 29.8 Å². The van der Waals surface area contributed by atoms with Gasteiger partial charge in [-0.3, -0.25) is 0 Å². The predicted octanol–water partition coefficient (Wildman–Crippen LogP) is 4.44. The van der Waals surface area contributed by atoms with Gasteiger partial charge in [0.05, 0.1) is 11.0 Å². The van der Waals surface area contributed by atoms with E-state index in [4.69, 9.17) is 11.6 Å². The maximum absolute atomic E-state index is 6.39. The molecule has 0 bridgehead atoms. The third kappa shape index (κ3) is 1.82. The van der Waals surface area contributed by atoms with Gasteiger partial charge in [-0.2, -0.15) is 0 Å². The van der Waals surface area contributed by atoms with Crippen LogP contribution in [0.1, 0.15) is 0 Å². The quantitative estimate of drug-likeness (QED) is 0.519. The maximum Gasteiger partial charge on any atom is 0.116 e. The van der Waals surface area contributed by atoms with Crippen molar-refractivity contribution in [1.82, 2.24) is 14.5 Å². The van der Waals surface area contributed by atoms with Crippen molar-refractivity contribution in [2.75, 3.05) is 0 Å². The Balaban J connectivity index is 2.21. The van der Waals surface area contributed by atoms with Gasteiger partial charge in [0.25, 0.3) is 0 Å². The van der Waals surface area contributed by atoms with E-state index in [1.54, 1.807) is 6.33 Å². The van der Waals surface area contributed by atoms with Crippen molar-refractivity contribution in [2.24, 2.45) is 7.05 Å². The minimum atomic E-state index is 0.744. The Labute approximate surface area is 126 Å². The predicted molar refractivity (Wildman–Crippen MR) is 86.5 cm³/mol. The molecule has 0 atom stereocenters. The fraction of sp³-hybridized carbons (Fsp3) is 0.0588. The van der Waals surface area contributed by atoms with E-state index in [9.17, 15) is 0 Å². The van der Waals surface area contributed by atoms with E-state index in [1.165, 1.54) is 0 Å². The van der Waals surface area contributed by atoms with E-state index < -0.39 is 0 Å². The molecule has 0 spiro atoms. The van der Waals surface area contributed by atoms with Gasteiger partial charge in [-0.25, -0.2) is 9.97 Å². The van der Waals surface area contributed by atoms with Crippen LogP contribution in [-0.2, 0) is 7.05 Å². The van der Waals surface area contributed by atoms with E-state index in [-0.39, 0.29) is 0 Å². The Morgan fingerprint density at radius 1 is 1.05 bits per heavy atom. The van der Waals surface area contributed by atoms with E-state index in [0.717, 1.165) is 38.0 Å². The van der Waals surface area contributed by atoms with Gasteiger partial charge in [0, 0.05) is 46.4 Å².